The van der Waals surface area contributed by atoms with Crippen LogP contribution in [0.5, 0.6) is 0 Å². The Labute approximate surface area is 106 Å². The number of nitrogens with zero attached hydrogens (tertiary/aromatic N) is 3. The third-order valence-electron chi connectivity index (χ3n) is 3.79. The van der Waals surface area contributed by atoms with E-state index >= 15 is 0 Å². The van der Waals surface area contributed by atoms with Gasteiger partial charge in [-0.1, -0.05) is 0 Å². The van der Waals surface area contributed by atoms with Crippen molar-refractivity contribution in [3.05, 3.63) is 11.6 Å². The third kappa shape index (κ3) is 2.69. The second-order valence-corrected chi connectivity index (χ2v) is 4.99. The topological polar surface area (TPSA) is 88.2 Å². The molecule has 0 aromatic carbocycles. The van der Waals surface area contributed by atoms with Crippen molar-refractivity contribution in [2.45, 2.75) is 45.8 Å². The van der Waals surface area contributed by atoms with Crippen LogP contribution in [0.4, 0.5) is 0 Å². The van der Waals surface area contributed by atoms with Crippen LogP contribution in [0.15, 0.2) is 0 Å². The van der Waals surface area contributed by atoms with Crippen LogP contribution >= 0.6 is 0 Å². The number of rotatable bonds is 4. The molecule has 0 amide bonds. The SMILES string of the molecule is Cc1nnc(CO)n1CC1CCC(C(=O)O)CC1. The van der Waals surface area contributed by atoms with Crippen molar-refractivity contribution in [2.24, 2.45) is 11.8 Å². The van der Waals surface area contributed by atoms with Gasteiger partial charge in [-0.2, -0.15) is 0 Å². The van der Waals surface area contributed by atoms with Gasteiger partial charge < -0.3 is 14.8 Å². The van der Waals surface area contributed by atoms with Crippen molar-refractivity contribution in [1.82, 2.24) is 14.8 Å². The zero-order valence-electron chi connectivity index (χ0n) is 10.5. The summed E-state index contributed by atoms with van der Waals surface area (Å²) in [6.07, 6.45) is 3.32. The van der Waals surface area contributed by atoms with Crippen molar-refractivity contribution < 1.29 is 15.0 Å². The van der Waals surface area contributed by atoms with Gasteiger partial charge in [-0.25, -0.2) is 0 Å². The minimum atomic E-state index is -0.676. The van der Waals surface area contributed by atoms with Gasteiger partial charge in [0.05, 0.1) is 5.92 Å². The summed E-state index contributed by atoms with van der Waals surface area (Å²) in [6.45, 7) is 2.54. The Morgan fingerprint density at radius 2 is 2.00 bits per heavy atom. The summed E-state index contributed by atoms with van der Waals surface area (Å²) in [4.78, 5) is 10.9. The number of hydrogen-bond donors (Lipinski definition) is 2. The summed E-state index contributed by atoms with van der Waals surface area (Å²) in [5.41, 5.74) is 0. The van der Waals surface area contributed by atoms with E-state index in [0.717, 1.165) is 38.1 Å². The summed E-state index contributed by atoms with van der Waals surface area (Å²) >= 11 is 0. The highest BCUT2D eigenvalue weighted by Gasteiger charge is 2.26. The molecule has 1 fully saturated rings. The molecule has 0 spiro atoms. The summed E-state index contributed by atoms with van der Waals surface area (Å²) in [6, 6.07) is 0. The molecule has 100 valence electrons. The molecule has 0 radical (unpaired) electrons. The number of aryl methyl sites for hydroxylation is 1. The predicted octanol–water partition coefficient (Wildman–Crippen LogP) is 0.970. The maximum Gasteiger partial charge on any atom is 0.306 e. The first kappa shape index (κ1) is 13.0. The molecule has 1 aliphatic rings. The van der Waals surface area contributed by atoms with Gasteiger partial charge in [-0.15, -0.1) is 10.2 Å². The number of carboxylic acids is 1. The molecule has 18 heavy (non-hydrogen) atoms. The lowest BCUT2D eigenvalue weighted by atomic mass is 9.82. The fraction of sp³-hybridized carbons (Fsp3) is 0.750. The third-order valence-corrected chi connectivity index (χ3v) is 3.79. The number of carbonyl (C=O) groups is 1. The lowest BCUT2D eigenvalue weighted by molar-refractivity contribution is -0.143. The fourth-order valence-electron chi connectivity index (χ4n) is 2.63. The van der Waals surface area contributed by atoms with Crippen LogP contribution in [0, 0.1) is 18.8 Å². The average Bonchev–Trinajstić information content (AvgIpc) is 2.71. The molecule has 0 unspecified atom stereocenters. The van der Waals surface area contributed by atoms with Gasteiger partial charge in [0, 0.05) is 6.54 Å². The van der Waals surface area contributed by atoms with Crippen LogP contribution < -0.4 is 0 Å². The van der Waals surface area contributed by atoms with Gasteiger partial charge in [-0.3, -0.25) is 4.79 Å². The van der Waals surface area contributed by atoms with E-state index in [4.69, 9.17) is 5.11 Å². The standard InChI is InChI=1S/C12H19N3O3/c1-8-13-14-11(7-16)15(8)6-9-2-4-10(5-3-9)12(17)18/h9-10,16H,2-7H2,1H3,(H,17,18). The molecule has 6 heteroatoms. The molecule has 1 saturated carbocycles. The van der Waals surface area contributed by atoms with Gasteiger partial charge in [-0.05, 0) is 38.5 Å². The van der Waals surface area contributed by atoms with E-state index in [1.165, 1.54) is 0 Å². The number of hydrogen-bond acceptors (Lipinski definition) is 4. The highest BCUT2D eigenvalue weighted by atomic mass is 16.4. The zero-order valence-corrected chi connectivity index (χ0v) is 10.5. The minimum Gasteiger partial charge on any atom is -0.481 e. The van der Waals surface area contributed by atoms with Crippen molar-refractivity contribution >= 4 is 5.97 Å². The quantitative estimate of drug-likeness (QED) is 0.834. The molecule has 2 rings (SSSR count). The van der Waals surface area contributed by atoms with E-state index in [1.54, 1.807) is 0 Å². The van der Waals surface area contributed by atoms with Crippen LogP contribution in [0.2, 0.25) is 0 Å². The van der Waals surface area contributed by atoms with E-state index in [-0.39, 0.29) is 12.5 Å². The molecule has 1 heterocycles. The smallest absolute Gasteiger partial charge is 0.306 e. The predicted molar refractivity (Wildman–Crippen MR) is 63.8 cm³/mol. The lowest BCUT2D eigenvalue weighted by Gasteiger charge is -2.26. The normalized spacial score (nSPS) is 24.1. The van der Waals surface area contributed by atoms with Gasteiger partial charge in [0.1, 0.15) is 12.4 Å². The molecule has 1 aromatic rings. The Bertz CT molecular complexity index is 422. The van der Waals surface area contributed by atoms with E-state index in [1.807, 2.05) is 11.5 Å². The zero-order chi connectivity index (χ0) is 13.1. The Morgan fingerprint density at radius 1 is 1.33 bits per heavy atom. The molecular formula is C12H19N3O3. The van der Waals surface area contributed by atoms with Crippen molar-refractivity contribution in [2.75, 3.05) is 0 Å². The van der Waals surface area contributed by atoms with Crippen LogP contribution in [0.25, 0.3) is 0 Å². The summed E-state index contributed by atoms with van der Waals surface area (Å²) in [5, 5.41) is 26.0. The van der Waals surface area contributed by atoms with E-state index in [2.05, 4.69) is 10.2 Å². The van der Waals surface area contributed by atoms with Crippen molar-refractivity contribution in [3.8, 4) is 0 Å². The van der Waals surface area contributed by atoms with Crippen LogP contribution in [0.1, 0.15) is 37.3 Å². The molecule has 1 aliphatic carbocycles. The second-order valence-electron chi connectivity index (χ2n) is 4.99. The number of aliphatic hydroxyl groups is 1. The minimum absolute atomic E-state index is 0.106. The number of carboxylic acid groups (broad SMARTS) is 1. The van der Waals surface area contributed by atoms with Crippen molar-refractivity contribution in [3.63, 3.8) is 0 Å². The largest absolute Gasteiger partial charge is 0.481 e. The monoisotopic (exact) mass is 253 g/mol. The molecule has 0 atom stereocenters. The molecule has 0 saturated heterocycles. The van der Waals surface area contributed by atoms with Crippen molar-refractivity contribution in [1.29, 1.82) is 0 Å². The van der Waals surface area contributed by atoms with E-state index < -0.39 is 5.97 Å². The molecular weight excluding hydrogens is 234 g/mol. The highest BCUT2D eigenvalue weighted by Crippen LogP contribution is 2.30. The highest BCUT2D eigenvalue weighted by molar-refractivity contribution is 5.69. The second kappa shape index (κ2) is 5.48. The van der Waals surface area contributed by atoms with Gasteiger partial charge in [0.15, 0.2) is 5.82 Å². The Hall–Kier alpha value is -1.43. The first-order valence-corrected chi connectivity index (χ1v) is 6.34. The summed E-state index contributed by atoms with van der Waals surface area (Å²) in [5.74, 6) is 0.999. The lowest BCUT2D eigenvalue weighted by Crippen LogP contribution is -2.24. The number of aliphatic hydroxyl groups excluding tert-OH is 1. The Balaban J connectivity index is 1.95. The maximum absolute atomic E-state index is 10.9. The Morgan fingerprint density at radius 3 is 2.56 bits per heavy atom. The van der Waals surface area contributed by atoms with Crippen LogP contribution in [0.3, 0.4) is 0 Å². The first-order valence-electron chi connectivity index (χ1n) is 6.34. The Kier molecular flexibility index (Phi) is 3.96. The first-order chi connectivity index (χ1) is 8.61. The maximum atomic E-state index is 10.9. The average molecular weight is 253 g/mol. The van der Waals surface area contributed by atoms with Gasteiger partial charge >= 0.3 is 5.97 Å². The van der Waals surface area contributed by atoms with Crippen LogP contribution in [-0.4, -0.2) is 30.9 Å². The molecule has 1 aromatic heterocycles. The van der Waals surface area contributed by atoms with Gasteiger partial charge in [0.2, 0.25) is 0 Å². The van der Waals surface area contributed by atoms with E-state index in [0.29, 0.717) is 11.7 Å². The summed E-state index contributed by atoms with van der Waals surface area (Å²) in [7, 11) is 0. The fourth-order valence-corrected chi connectivity index (χ4v) is 2.63. The molecule has 0 bridgehead atoms. The molecule has 0 aliphatic heterocycles. The van der Waals surface area contributed by atoms with E-state index in [9.17, 15) is 9.90 Å². The molecule has 2 N–H and O–H groups in total. The number of aromatic nitrogens is 3. The molecule has 6 nitrogen and oxygen atoms in total. The number of aliphatic carboxylic acids is 1. The van der Waals surface area contributed by atoms with Crippen LogP contribution in [-0.2, 0) is 17.9 Å². The van der Waals surface area contributed by atoms with Gasteiger partial charge in [0.25, 0.3) is 0 Å². The summed E-state index contributed by atoms with van der Waals surface area (Å²) < 4.78 is 1.94.